The number of benzene rings is 2. The number of methoxy groups -OCH3 is 1. The van der Waals surface area contributed by atoms with E-state index in [1.165, 1.54) is 18.4 Å². The first-order valence-electron chi connectivity index (χ1n) is 10.6. The van der Waals surface area contributed by atoms with Crippen molar-refractivity contribution in [2.45, 2.75) is 19.9 Å². The number of amides is 3. The van der Waals surface area contributed by atoms with Crippen molar-refractivity contribution in [1.82, 2.24) is 20.5 Å². The summed E-state index contributed by atoms with van der Waals surface area (Å²) in [7, 11) is 1.31. The molecule has 1 heterocycles. The summed E-state index contributed by atoms with van der Waals surface area (Å²) in [6.45, 7) is 2.53. The minimum Gasteiger partial charge on any atom is -0.469 e. The van der Waals surface area contributed by atoms with E-state index in [0.717, 1.165) is 16.7 Å². The molecule has 182 valence electrons. The van der Waals surface area contributed by atoms with Crippen molar-refractivity contribution in [2.24, 2.45) is 4.99 Å². The van der Waals surface area contributed by atoms with Gasteiger partial charge in [0.1, 0.15) is 0 Å². The Morgan fingerprint density at radius 1 is 1.17 bits per heavy atom. The van der Waals surface area contributed by atoms with Crippen LogP contribution in [0.1, 0.15) is 17.5 Å². The maximum Gasteiger partial charge on any atom is 0.327 e. The predicted molar refractivity (Wildman–Crippen MR) is 136 cm³/mol. The van der Waals surface area contributed by atoms with Gasteiger partial charge in [0.25, 0.3) is 0 Å². The molecule has 1 aromatic heterocycles. The molecule has 2 aromatic carbocycles. The van der Waals surface area contributed by atoms with Crippen molar-refractivity contribution >= 4 is 52.4 Å². The van der Waals surface area contributed by atoms with Gasteiger partial charge in [-0.05, 0) is 24.6 Å². The van der Waals surface area contributed by atoms with E-state index in [1.54, 1.807) is 17.0 Å². The van der Waals surface area contributed by atoms with Crippen LogP contribution in [0.2, 0.25) is 5.02 Å². The number of nitrogens with zero attached hydrogens (tertiary/aromatic N) is 3. The number of halogens is 1. The van der Waals surface area contributed by atoms with E-state index >= 15 is 0 Å². The van der Waals surface area contributed by atoms with Gasteiger partial charge in [-0.2, -0.15) is 4.99 Å². The lowest BCUT2D eigenvalue weighted by molar-refractivity contribution is -0.140. The van der Waals surface area contributed by atoms with Gasteiger partial charge in [0.05, 0.1) is 19.2 Å². The Labute approximate surface area is 211 Å². The smallest absolute Gasteiger partial charge is 0.327 e. The molecule has 11 heteroatoms. The largest absolute Gasteiger partial charge is 0.469 e. The summed E-state index contributed by atoms with van der Waals surface area (Å²) < 4.78 is 4.77. The highest BCUT2D eigenvalue weighted by Gasteiger charge is 2.18. The van der Waals surface area contributed by atoms with Gasteiger partial charge in [0.15, 0.2) is 0 Å². The van der Waals surface area contributed by atoms with Gasteiger partial charge < -0.3 is 9.64 Å². The molecule has 0 aliphatic carbocycles. The van der Waals surface area contributed by atoms with Crippen molar-refractivity contribution in [3.63, 3.8) is 0 Å². The molecule has 0 saturated carbocycles. The first kappa shape index (κ1) is 25.9. The standard InChI is InChI=1S/C24H24ClN5O4S/c1-16-3-5-17(6-4-16)13-30(12-11-21(32)34-2)22(28-23(33)26-15-31)29-24-27-20(14-35-24)18-7-9-19(25)10-8-18/h3-10,14-15H,11-13H2,1-2H3,(H2,26,27,28,29,31,33). The zero-order valence-corrected chi connectivity index (χ0v) is 20.7. The number of carbonyl (C=O) groups is 3. The maximum absolute atomic E-state index is 12.2. The van der Waals surface area contributed by atoms with Crippen LogP contribution < -0.4 is 10.6 Å². The third kappa shape index (κ3) is 7.90. The summed E-state index contributed by atoms with van der Waals surface area (Å²) in [6, 6.07) is 14.3. The monoisotopic (exact) mass is 513 g/mol. The van der Waals surface area contributed by atoms with Crippen molar-refractivity contribution in [3.05, 3.63) is 70.1 Å². The number of thiazole rings is 1. The zero-order chi connectivity index (χ0) is 25.2. The Morgan fingerprint density at radius 3 is 2.54 bits per heavy atom. The third-order valence-electron chi connectivity index (χ3n) is 4.86. The number of imide groups is 1. The van der Waals surface area contributed by atoms with Crippen LogP contribution in [0, 0.1) is 6.92 Å². The molecule has 9 nitrogen and oxygen atoms in total. The van der Waals surface area contributed by atoms with Crippen LogP contribution in [0.3, 0.4) is 0 Å². The average molecular weight is 514 g/mol. The summed E-state index contributed by atoms with van der Waals surface area (Å²) in [5.41, 5.74) is 3.60. The van der Waals surface area contributed by atoms with Gasteiger partial charge in [0.2, 0.25) is 17.5 Å². The summed E-state index contributed by atoms with van der Waals surface area (Å²) in [5.74, 6) is -0.277. The molecule has 0 fully saturated rings. The molecule has 0 aliphatic heterocycles. The second-order valence-corrected chi connectivity index (χ2v) is 8.68. The van der Waals surface area contributed by atoms with Gasteiger partial charge in [-0.3, -0.25) is 20.2 Å². The topological polar surface area (TPSA) is 113 Å². The van der Waals surface area contributed by atoms with E-state index in [-0.39, 0.29) is 25.3 Å². The van der Waals surface area contributed by atoms with Crippen LogP contribution in [-0.4, -0.2) is 47.9 Å². The number of carbonyl (C=O) groups excluding carboxylic acids is 3. The van der Waals surface area contributed by atoms with E-state index in [9.17, 15) is 14.4 Å². The van der Waals surface area contributed by atoms with Crippen LogP contribution in [0.5, 0.6) is 0 Å². The number of aryl methyl sites for hydroxylation is 1. The number of hydrogen-bond acceptors (Lipinski definition) is 7. The van der Waals surface area contributed by atoms with Crippen LogP contribution in [-0.2, 0) is 20.9 Å². The third-order valence-corrected chi connectivity index (χ3v) is 5.84. The lowest BCUT2D eigenvalue weighted by atomic mass is 10.1. The normalized spacial score (nSPS) is 11.0. The number of hydrogen-bond donors (Lipinski definition) is 2. The van der Waals surface area contributed by atoms with E-state index in [4.69, 9.17) is 16.3 Å². The maximum atomic E-state index is 12.2. The molecule has 0 unspecified atom stereocenters. The molecule has 0 atom stereocenters. The molecular formula is C24H24ClN5O4S. The van der Waals surface area contributed by atoms with Gasteiger partial charge >= 0.3 is 12.0 Å². The molecule has 0 bridgehead atoms. The molecule has 0 radical (unpaired) electrons. The van der Waals surface area contributed by atoms with Gasteiger partial charge in [-0.1, -0.05) is 53.6 Å². The molecule has 3 amide bonds. The first-order valence-corrected chi connectivity index (χ1v) is 11.8. The molecule has 0 spiro atoms. The van der Waals surface area contributed by atoms with E-state index < -0.39 is 12.0 Å². The highest BCUT2D eigenvalue weighted by Crippen LogP contribution is 2.28. The number of guanidine groups is 1. The minimum atomic E-state index is -0.764. The Kier molecular flexibility index (Phi) is 9.33. The van der Waals surface area contributed by atoms with Gasteiger partial charge in [-0.15, -0.1) is 11.3 Å². The van der Waals surface area contributed by atoms with E-state index in [0.29, 0.717) is 22.4 Å². The predicted octanol–water partition coefficient (Wildman–Crippen LogP) is 4.28. The number of nitrogens with one attached hydrogen (secondary N) is 2. The van der Waals surface area contributed by atoms with Crippen molar-refractivity contribution in [2.75, 3.05) is 13.7 Å². The highest BCUT2D eigenvalue weighted by atomic mass is 35.5. The highest BCUT2D eigenvalue weighted by molar-refractivity contribution is 7.13. The average Bonchev–Trinajstić information content (AvgIpc) is 3.31. The minimum absolute atomic E-state index is 0.0618. The second-order valence-electron chi connectivity index (χ2n) is 7.41. The van der Waals surface area contributed by atoms with E-state index in [2.05, 4.69) is 15.3 Å². The fraction of sp³-hybridized carbons (Fsp3) is 0.208. The quantitative estimate of drug-likeness (QED) is 0.201. The molecular weight excluding hydrogens is 490 g/mol. The molecule has 2 N–H and O–H groups in total. The number of esters is 1. The summed E-state index contributed by atoms with van der Waals surface area (Å²) in [4.78, 5) is 45.7. The summed E-state index contributed by atoms with van der Waals surface area (Å²) in [5, 5.41) is 7.46. The SMILES string of the molecule is COC(=O)CCN(Cc1ccc(C)cc1)/C(=N/c1nc(-c2ccc(Cl)cc2)cs1)NC(=O)NC=O. The number of rotatable bonds is 8. The Morgan fingerprint density at radius 2 is 1.89 bits per heavy atom. The van der Waals surface area contributed by atoms with Crippen molar-refractivity contribution in [3.8, 4) is 11.3 Å². The summed E-state index contributed by atoms with van der Waals surface area (Å²) >= 11 is 7.25. The number of aromatic nitrogens is 1. The molecule has 3 rings (SSSR count). The van der Waals surface area contributed by atoms with Crippen molar-refractivity contribution < 1.29 is 19.1 Å². The first-order chi connectivity index (χ1) is 16.9. The Bertz CT molecular complexity index is 1200. The number of ether oxygens (including phenoxy) is 1. The van der Waals surface area contributed by atoms with Crippen LogP contribution in [0.4, 0.5) is 9.93 Å². The fourth-order valence-corrected chi connectivity index (χ4v) is 3.85. The van der Waals surface area contributed by atoms with Gasteiger partial charge in [-0.25, -0.2) is 9.78 Å². The lowest BCUT2D eigenvalue weighted by Crippen LogP contribution is -2.48. The van der Waals surface area contributed by atoms with Crippen LogP contribution >= 0.6 is 22.9 Å². The Hall–Kier alpha value is -3.76. The molecule has 0 aliphatic rings. The fourth-order valence-electron chi connectivity index (χ4n) is 3.03. The van der Waals surface area contributed by atoms with Gasteiger partial charge in [0, 0.05) is 29.1 Å². The molecule has 35 heavy (non-hydrogen) atoms. The lowest BCUT2D eigenvalue weighted by Gasteiger charge is -2.25. The second kappa shape index (κ2) is 12.6. The van der Waals surface area contributed by atoms with Crippen molar-refractivity contribution in [1.29, 1.82) is 0 Å². The zero-order valence-electron chi connectivity index (χ0n) is 19.2. The van der Waals surface area contributed by atoms with Crippen LogP contribution in [0.25, 0.3) is 11.3 Å². The molecule has 3 aromatic rings. The van der Waals surface area contributed by atoms with E-state index in [1.807, 2.05) is 54.0 Å². The van der Waals surface area contributed by atoms with Crippen LogP contribution in [0.15, 0.2) is 58.9 Å². The summed E-state index contributed by atoms with van der Waals surface area (Å²) in [6.07, 6.45) is 0.333. The number of urea groups is 1. The molecule has 0 saturated heterocycles. The Balaban J connectivity index is 1.95. The number of aliphatic imine (C=N–C) groups is 1.